The Morgan fingerprint density at radius 2 is 2.45 bits per heavy atom. The molecule has 0 spiro atoms. The fraction of sp³-hybridized carbons (Fsp3) is 0.615. The summed E-state index contributed by atoms with van der Waals surface area (Å²) in [6, 6.07) is -0.179. The average Bonchev–Trinajstić information content (AvgIpc) is 2.73. The molecule has 0 aromatic carbocycles. The van der Waals surface area contributed by atoms with Gasteiger partial charge in [0, 0.05) is 36.6 Å². The minimum Gasteiger partial charge on any atom is -0.354 e. The number of nitrogens with zero attached hydrogens (tertiary/aromatic N) is 2. The molecule has 0 unspecified atom stereocenters. The third-order valence-corrected chi connectivity index (χ3v) is 4.36. The maximum atomic E-state index is 12.1. The maximum Gasteiger partial charge on any atom is 0.317 e. The number of urea groups is 1. The normalized spacial score (nSPS) is 17.3. The van der Waals surface area contributed by atoms with Crippen molar-refractivity contribution >= 4 is 23.3 Å². The van der Waals surface area contributed by atoms with Crippen LogP contribution in [0.15, 0.2) is 5.38 Å². The topological polar surface area (TPSA) is 74.3 Å². The van der Waals surface area contributed by atoms with E-state index in [9.17, 15) is 9.59 Å². The van der Waals surface area contributed by atoms with E-state index in [0.29, 0.717) is 19.6 Å². The van der Waals surface area contributed by atoms with Crippen LogP contribution in [0.3, 0.4) is 0 Å². The van der Waals surface area contributed by atoms with Crippen LogP contribution in [0, 0.1) is 6.92 Å². The van der Waals surface area contributed by atoms with Gasteiger partial charge in [-0.05, 0) is 13.3 Å². The smallest absolute Gasteiger partial charge is 0.317 e. The first kappa shape index (κ1) is 14.8. The Hall–Kier alpha value is -1.63. The molecule has 1 atom stereocenters. The lowest BCUT2D eigenvalue weighted by Crippen LogP contribution is -2.44. The van der Waals surface area contributed by atoms with Crippen molar-refractivity contribution in [3.8, 4) is 0 Å². The van der Waals surface area contributed by atoms with Gasteiger partial charge in [0.1, 0.15) is 6.54 Å². The minimum absolute atomic E-state index is 0.0961. The highest BCUT2D eigenvalue weighted by Gasteiger charge is 2.20. The van der Waals surface area contributed by atoms with E-state index in [-0.39, 0.29) is 24.4 Å². The lowest BCUT2D eigenvalue weighted by atomic mass is 10.2. The van der Waals surface area contributed by atoms with E-state index < -0.39 is 0 Å². The molecule has 1 saturated heterocycles. The van der Waals surface area contributed by atoms with Crippen molar-refractivity contribution in [2.24, 2.45) is 0 Å². The molecule has 1 fully saturated rings. The predicted octanol–water partition coefficient (Wildman–Crippen LogP) is 1.09. The summed E-state index contributed by atoms with van der Waals surface area (Å²) in [6.07, 6.45) is 0.792. The molecule has 7 heteroatoms. The number of rotatable bonds is 3. The fourth-order valence-electron chi connectivity index (χ4n) is 2.02. The molecular formula is C13H20N4O2S. The van der Waals surface area contributed by atoms with Crippen LogP contribution in [0.2, 0.25) is 0 Å². The Morgan fingerprint density at radius 1 is 1.65 bits per heavy atom. The molecule has 1 aromatic heterocycles. The summed E-state index contributed by atoms with van der Waals surface area (Å²) >= 11 is 1.61. The van der Waals surface area contributed by atoms with E-state index in [0.717, 1.165) is 17.1 Å². The third-order valence-electron chi connectivity index (χ3n) is 3.17. The van der Waals surface area contributed by atoms with Gasteiger partial charge in [0.15, 0.2) is 0 Å². The number of thiazole rings is 1. The second-order valence-electron chi connectivity index (χ2n) is 5.04. The molecule has 20 heavy (non-hydrogen) atoms. The second-order valence-corrected chi connectivity index (χ2v) is 5.93. The molecule has 0 radical (unpaired) electrons. The number of hydrogen-bond acceptors (Lipinski definition) is 4. The first-order valence-corrected chi connectivity index (χ1v) is 7.65. The highest BCUT2D eigenvalue weighted by Crippen LogP contribution is 2.18. The van der Waals surface area contributed by atoms with Crippen molar-refractivity contribution in [1.29, 1.82) is 0 Å². The zero-order valence-electron chi connectivity index (χ0n) is 11.8. The number of hydrogen-bond donors (Lipinski definition) is 2. The quantitative estimate of drug-likeness (QED) is 0.876. The highest BCUT2D eigenvalue weighted by atomic mass is 32.1. The molecule has 6 nitrogen and oxygen atoms in total. The van der Waals surface area contributed by atoms with E-state index in [2.05, 4.69) is 15.6 Å². The average molecular weight is 296 g/mol. The van der Waals surface area contributed by atoms with Gasteiger partial charge in [-0.25, -0.2) is 9.78 Å². The van der Waals surface area contributed by atoms with E-state index in [1.165, 1.54) is 0 Å². The summed E-state index contributed by atoms with van der Waals surface area (Å²) in [5, 5.41) is 8.67. The van der Waals surface area contributed by atoms with Gasteiger partial charge in [-0.1, -0.05) is 6.92 Å². The van der Waals surface area contributed by atoms with Gasteiger partial charge < -0.3 is 15.5 Å². The van der Waals surface area contributed by atoms with Crippen LogP contribution in [-0.2, 0) is 4.79 Å². The number of carbonyl (C=O) groups excluding carboxylic acids is 2. The minimum atomic E-state index is -0.179. The van der Waals surface area contributed by atoms with Crippen LogP contribution < -0.4 is 10.6 Å². The molecule has 2 N–H and O–H groups in total. The molecular weight excluding hydrogens is 276 g/mol. The lowest BCUT2D eigenvalue weighted by molar-refractivity contribution is -0.121. The third kappa shape index (κ3) is 3.93. The van der Waals surface area contributed by atoms with Crippen molar-refractivity contribution in [3.63, 3.8) is 0 Å². The van der Waals surface area contributed by atoms with Crippen molar-refractivity contribution in [3.05, 3.63) is 16.1 Å². The van der Waals surface area contributed by atoms with Gasteiger partial charge in [-0.2, -0.15) is 0 Å². The number of amides is 3. The van der Waals surface area contributed by atoms with Crippen LogP contribution in [0.5, 0.6) is 0 Å². The van der Waals surface area contributed by atoms with Crippen molar-refractivity contribution < 1.29 is 9.59 Å². The Balaban J connectivity index is 1.83. The maximum absolute atomic E-state index is 12.1. The van der Waals surface area contributed by atoms with Crippen LogP contribution >= 0.6 is 11.3 Å². The molecule has 2 heterocycles. The number of aromatic nitrogens is 1. The molecule has 1 aliphatic rings. The lowest BCUT2D eigenvalue weighted by Gasteiger charge is -2.20. The molecule has 1 aliphatic heterocycles. The zero-order valence-corrected chi connectivity index (χ0v) is 12.6. The molecule has 0 bridgehead atoms. The fourth-order valence-corrected chi connectivity index (χ4v) is 2.87. The Labute approximate surface area is 122 Å². The van der Waals surface area contributed by atoms with Gasteiger partial charge in [-0.15, -0.1) is 11.3 Å². The van der Waals surface area contributed by atoms with Gasteiger partial charge in [0.25, 0.3) is 0 Å². The number of nitrogens with one attached hydrogen (secondary N) is 2. The summed E-state index contributed by atoms with van der Waals surface area (Å²) in [4.78, 5) is 29.4. The monoisotopic (exact) mass is 296 g/mol. The molecule has 0 saturated carbocycles. The van der Waals surface area contributed by atoms with Crippen LogP contribution in [0.25, 0.3) is 0 Å². The van der Waals surface area contributed by atoms with Crippen molar-refractivity contribution in [2.45, 2.75) is 26.2 Å². The standard InChI is InChI=1S/C13H20N4O2S/c1-9(12-16-10(2)8-20-12)6-15-13(19)17-5-3-4-14-11(18)7-17/h8-9H,3-7H2,1-2H3,(H,14,18)(H,15,19)/t9-/m0/s1. The highest BCUT2D eigenvalue weighted by molar-refractivity contribution is 7.09. The van der Waals surface area contributed by atoms with Crippen molar-refractivity contribution in [2.75, 3.05) is 26.2 Å². The zero-order chi connectivity index (χ0) is 14.5. The van der Waals surface area contributed by atoms with Crippen LogP contribution in [-0.4, -0.2) is 48.0 Å². The molecule has 0 aliphatic carbocycles. The van der Waals surface area contributed by atoms with Crippen LogP contribution in [0.4, 0.5) is 4.79 Å². The summed E-state index contributed by atoms with van der Waals surface area (Å²) in [5.74, 6) is 0.0831. The Morgan fingerprint density at radius 3 is 3.15 bits per heavy atom. The SMILES string of the molecule is Cc1csc([C@@H](C)CNC(=O)N2CCCNC(=O)C2)n1. The van der Waals surface area contributed by atoms with E-state index in [1.807, 2.05) is 19.2 Å². The molecule has 3 amide bonds. The van der Waals surface area contributed by atoms with Crippen molar-refractivity contribution in [1.82, 2.24) is 20.5 Å². The summed E-state index contributed by atoms with van der Waals surface area (Å²) in [7, 11) is 0. The largest absolute Gasteiger partial charge is 0.354 e. The number of aryl methyl sites for hydroxylation is 1. The molecule has 1 aromatic rings. The summed E-state index contributed by atoms with van der Waals surface area (Å²) in [6.45, 7) is 5.90. The molecule has 2 rings (SSSR count). The van der Waals surface area contributed by atoms with Gasteiger partial charge in [0.2, 0.25) is 5.91 Å². The predicted molar refractivity (Wildman–Crippen MR) is 77.9 cm³/mol. The van der Waals surface area contributed by atoms with Gasteiger partial charge in [0.05, 0.1) is 5.01 Å². The second kappa shape index (κ2) is 6.69. The van der Waals surface area contributed by atoms with Gasteiger partial charge >= 0.3 is 6.03 Å². The number of carbonyl (C=O) groups is 2. The first-order chi connectivity index (χ1) is 9.56. The summed E-state index contributed by atoms with van der Waals surface area (Å²) < 4.78 is 0. The Kier molecular flexibility index (Phi) is 4.94. The van der Waals surface area contributed by atoms with E-state index >= 15 is 0 Å². The van der Waals surface area contributed by atoms with E-state index in [1.54, 1.807) is 16.2 Å². The van der Waals surface area contributed by atoms with Crippen LogP contribution in [0.1, 0.15) is 30.0 Å². The van der Waals surface area contributed by atoms with E-state index in [4.69, 9.17) is 0 Å². The first-order valence-electron chi connectivity index (χ1n) is 6.77. The summed E-state index contributed by atoms with van der Waals surface area (Å²) in [5.41, 5.74) is 1.01. The molecule has 110 valence electrons. The van der Waals surface area contributed by atoms with Gasteiger partial charge in [-0.3, -0.25) is 4.79 Å². The Bertz CT molecular complexity index is 488.